The van der Waals surface area contributed by atoms with Crippen LogP contribution in [0.25, 0.3) is 10.9 Å². The van der Waals surface area contributed by atoms with Crippen molar-refractivity contribution in [2.24, 2.45) is 0 Å². The number of rotatable bonds is 6. The van der Waals surface area contributed by atoms with E-state index in [1.807, 2.05) is 0 Å². The number of hydrogen-bond donors (Lipinski definition) is 2. The van der Waals surface area contributed by atoms with Gasteiger partial charge in [0.1, 0.15) is 13.1 Å². The van der Waals surface area contributed by atoms with Crippen LogP contribution >= 0.6 is 0 Å². The molecule has 0 aliphatic carbocycles. The van der Waals surface area contributed by atoms with E-state index in [-0.39, 0.29) is 22.2 Å². The smallest absolute Gasteiger partial charge is 0.418 e. The maximum Gasteiger partial charge on any atom is 0.418 e. The van der Waals surface area contributed by atoms with E-state index in [9.17, 15) is 23.1 Å². The molecule has 1 aromatic heterocycles. The molecule has 6 nitrogen and oxygen atoms in total. The SMILES string of the molecule is O=C([O-])c1cnc2c(C(F)(F)F)cccc2c1NCCC[NH+]1CCOCC1. The number of carboxylic acids is 1. The van der Waals surface area contributed by atoms with E-state index in [4.69, 9.17) is 4.74 Å². The van der Waals surface area contributed by atoms with Crippen LogP contribution < -0.4 is 15.3 Å². The number of aromatic carboxylic acids is 1. The number of aromatic nitrogens is 1. The third-order valence-electron chi connectivity index (χ3n) is 4.63. The molecule has 2 heterocycles. The molecule has 0 bridgehead atoms. The highest BCUT2D eigenvalue weighted by Crippen LogP contribution is 2.36. The number of quaternary nitrogens is 1. The number of carboxylic acid groups (broad SMARTS) is 1. The summed E-state index contributed by atoms with van der Waals surface area (Å²) in [5.74, 6) is -1.48. The first kappa shape index (κ1) is 19.4. The Labute approximate surface area is 153 Å². The van der Waals surface area contributed by atoms with Crippen LogP contribution in [0.5, 0.6) is 0 Å². The fraction of sp³-hybridized carbons (Fsp3) is 0.444. The highest BCUT2D eigenvalue weighted by molar-refractivity contribution is 6.04. The minimum Gasteiger partial charge on any atom is -0.545 e. The van der Waals surface area contributed by atoms with E-state index < -0.39 is 17.7 Å². The van der Waals surface area contributed by atoms with Crippen LogP contribution in [0.3, 0.4) is 0 Å². The topological polar surface area (TPSA) is 78.7 Å². The van der Waals surface area contributed by atoms with Gasteiger partial charge in [0.25, 0.3) is 0 Å². The van der Waals surface area contributed by atoms with Crippen LogP contribution in [-0.4, -0.2) is 50.3 Å². The number of nitrogens with zero attached hydrogens (tertiary/aromatic N) is 1. The third kappa shape index (κ3) is 4.48. The van der Waals surface area contributed by atoms with Crippen molar-refractivity contribution in [3.63, 3.8) is 0 Å². The number of anilines is 1. The maximum atomic E-state index is 13.2. The fourth-order valence-electron chi connectivity index (χ4n) is 3.26. The second kappa shape index (κ2) is 8.10. The van der Waals surface area contributed by atoms with Crippen molar-refractivity contribution in [3.05, 3.63) is 35.5 Å². The van der Waals surface area contributed by atoms with Crippen molar-refractivity contribution in [1.29, 1.82) is 0 Å². The second-order valence-electron chi connectivity index (χ2n) is 6.43. The number of alkyl halides is 3. The average Bonchev–Trinajstić information content (AvgIpc) is 2.64. The van der Waals surface area contributed by atoms with E-state index in [1.54, 1.807) is 0 Å². The van der Waals surface area contributed by atoms with E-state index in [2.05, 4.69) is 10.3 Å². The highest BCUT2D eigenvalue weighted by atomic mass is 19.4. The molecule has 1 saturated heterocycles. The summed E-state index contributed by atoms with van der Waals surface area (Å²) in [6.45, 7) is 4.56. The van der Waals surface area contributed by atoms with Crippen LogP contribution in [0.15, 0.2) is 24.4 Å². The number of benzene rings is 1. The molecular weight excluding hydrogens is 363 g/mol. The summed E-state index contributed by atoms with van der Waals surface area (Å²) < 4.78 is 45.0. The van der Waals surface area contributed by atoms with Crippen molar-refractivity contribution >= 4 is 22.6 Å². The second-order valence-corrected chi connectivity index (χ2v) is 6.43. The molecule has 2 N–H and O–H groups in total. The lowest BCUT2D eigenvalue weighted by Crippen LogP contribution is -3.14. The Morgan fingerprint density at radius 3 is 2.70 bits per heavy atom. The van der Waals surface area contributed by atoms with Crippen molar-refractivity contribution in [2.75, 3.05) is 44.7 Å². The van der Waals surface area contributed by atoms with Crippen LogP contribution in [0, 0.1) is 0 Å². The predicted octanol–water partition coefficient (Wildman–Crippen LogP) is 0.334. The molecule has 9 heteroatoms. The molecule has 0 spiro atoms. The van der Waals surface area contributed by atoms with E-state index in [0.29, 0.717) is 19.8 Å². The Balaban J connectivity index is 1.83. The molecule has 2 aromatic rings. The van der Waals surface area contributed by atoms with Gasteiger partial charge in [0.05, 0.1) is 42.5 Å². The number of fused-ring (bicyclic) bond motifs is 1. The maximum absolute atomic E-state index is 13.2. The van der Waals surface area contributed by atoms with Gasteiger partial charge in [0.15, 0.2) is 0 Å². The molecule has 1 aliphatic heterocycles. The van der Waals surface area contributed by atoms with Crippen LogP contribution in [-0.2, 0) is 10.9 Å². The number of hydrogen-bond acceptors (Lipinski definition) is 5. The molecule has 3 rings (SSSR count). The van der Waals surface area contributed by atoms with Crippen LogP contribution in [0.1, 0.15) is 22.3 Å². The quantitative estimate of drug-likeness (QED) is 0.704. The lowest BCUT2D eigenvalue weighted by molar-refractivity contribution is -0.908. The average molecular weight is 383 g/mol. The van der Waals surface area contributed by atoms with E-state index >= 15 is 0 Å². The molecule has 1 aromatic carbocycles. The first-order valence-electron chi connectivity index (χ1n) is 8.73. The van der Waals surface area contributed by atoms with Gasteiger partial charge < -0.3 is 24.9 Å². The van der Waals surface area contributed by atoms with Crippen molar-refractivity contribution < 1.29 is 32.7 Å². The highest BCUT2D eigenvalue weighted by Gasteiger charge is 2.33. The minimum atomic E-state index is -4.58. The summed E-state index contributed by atoms with van der Waals surface area (Å²) in [5.41, 5.74) is -1.31. The normalized spacial score (nSPS) is 15.8. The van der Waals surface area contributed by atoms with Gasteiger partial charge in [-0.15, -0.1) is 0 Å². The largest absolute Gasteiger partial charge is 0.545 e. The van der Waals surface area contributed by atoms with Gasteiger partial charge in [-0.1, -0.05) is 12.1 Å². The molecular formula is C18H20F3N3O3. The lowest BCUT2D eigenvalue weighted by Gasteiger charge is -2.24. The first-order valence-corrected chi connectivity index (χ1v) is 8.73. The monoisotopic (exact) mass is 383 g/mol. The summed E-state index contributed by atoms with van der Waals surface area (Å²) in [7, 11) is 0. The number of halogens is 3. The Kier molecular flexibility index (Phi) is 5.81. The number of carbonyl (C=O) groups is 1. The van der Waals surface area contributed by atoms with E-state index in [1.165, 1.54) is 17.0 Å². The van der Waals surface area contributed by atoms with Gasteiger partial charge in [-0.2, -0.15) is 13.2 Å². The molecule has 0 amide bonds. The molecule has 1 aliphatic rings. The van der Waals surface area contributed by atoms with Gasteiger partial charge in [-0.3, -0.25) is 4.98 Å². The summed E-state index contributed by atoms with van der Waals surface area (Å²) in [6.07, 6.45) is -2.92. The number of para-hydroxylation sites is 1. The number of carbonyl (C=O) groups excluding carboxylic acids is 1. The zero-order valence-corrected chi connectivity index (χ0v) is 14.6. The molecule has 146 valence electrons. The minimum absolute atomic E-state index is 0.114. The van der Waals surface area contributed by atoms with Gasteiger partial charge >= 0.3 is 6.18 Å². The van der Waals surface area contributed by atoms with Gasteiger partial charge in [-0.25, -0.2) is 0 Å². The van der Waals surface area contributed by atoms with Crippen molar-refractivity contribution in [1.82, 2.24) is 4.98 Å². The number of ether oxygens (including phenoxy) is 1. The molecule has 0 unspecified atom stereocenters. The van der Waals surface area contributed by atoms with Gasteiger partial charge in [0, 0.05) is 30.1 Å². The molecule has 1 fully saturated rings. The molecule has 0 saturated carbocycles. The van der Waals surface area contributed by atoms with Crippen LogP contribution in [0.4, 0.5) is 18.9 Å². The summed E-state index contributed by atoms with van der Waals surface area (Å²) in [5, 5.41) is 14.5. The summed E-state index contributed by atoms with van der Waals surface area (Å²) >= 11 is 0. The molecule has 0 radical (unpaired) electrons. The zero-order valence-electron chi connectivity index (χ0n) is 14.6. The van der Waals surface area contributed by atoms with Crippen molar-refractivity contribution in [3.8, 4) is 0 Å². The number of morpholine rings is 1. The third-order valence-corrected chi connectivity index (χ3v) is 4.63. The van der Waals surface area contributed by atoms with Gasteiger partial charge in [0.2, 0.25) is 0 Å². The standard InChI is InChI=1S/C18H20F3N3O3/c19-18(20,21)14-4-1-3-12-15(13(17(25)26)11-23-16(12)14)22-5-2-6-24-7-9-27-10-8-24/h1,3-4,11H,2,5-10H2,(H,22,23)(H,25,26). The number of nitrogens with one attached hydrogen (secondary N) is 2. The lowest BCUT2D eigenvalue weighted by atomic mass is 10.0. The van der Waals surface area contributed by atoms with E-state index in [0.717, 1.165) is 38.3 Å². The first-order chi connectivity index (χ1) is 12.9. The predicted molar refractivity (Wildman–Crippen MR) is 90.6 cm³/mol. The fourth-order valence-corrected chi connectivity index (χ4v) is 3.26. The Bertz CT molecular complexity index is 821. The Hall–Kier alpha value is -2.39. The van der Waals surface area contributed by atoms with Gasteiger partial charge in [-0.05, 0) is 6.07 Å². The Morgan fingerprint density at radius 2 is 2.04 bits per heavy atom. The zero-order chi connectivity index (χ0) is 19.4. The number of pyridine rings is 1. The van der Waals surface area contributed by atoms with Crippen LogP contribution in [0.2, 0.25) is 0 Å². The van der Waals surface area contributed by atoms with Crippen molar-refractivity contribution in [2.45, 2.75) is 12.6 Å². The molecule has 0 atom stereocenters. The summed E-state index contributed by atoms with van der Waals surface area (Å²) in [6, 6.07) is 3.61. The molecule has 27 heavy (non-hydrogen) atoms. The summed E-state index contributed by atoms with van der Waals surface area (Å²) in [4.78, 5) is 16.5. The Morgan fingerprint density at radius 1 is 1.30 bits per heavy atom.